The average molecular weight is 323 g/mol. The van der Waals surface area contributed by atoms with Gasteiger partial charge in [0.15, 0.2) is 0 Å². The summed E-state index contributed by atoms with van der Waals surface area (Å²) in [5, 5.41) is 12.5. The van der Waals surface area contributed by atoms with Crippen LogP contribution in [0.2, 0.25) is 0 Å². The smallest absolute Gasteiger partial charge is 0.235 e. The van der Waals surface area contributed by atoms with E-state index in [-0.39, 0.29) is 12.4 Å². The molecule has 3 aromatic carbocycles. The molecule has 0 aliphatic carbocycles. The van der Waals surface area contributed by atoms with Gasteiger partial charge in [-0.05, 0) is 22.9 Å². The van der Waals surface area contributed by atoms with Crippen molar-refractivity contribution in [3.05, 3.63) is 93.9 Å². The SMILES string of the molecule is O=[N+]([O-])C=Cc1c(OCc2ccccc2F)ccc2ccccc12. The molecule has 24 heavy (non-hydrogen) atoms. The molecule has 120 valence electrons. The highest BCUT2D eigenvalue weighted by Crippen LogP contribution is 2.30. The van der Waals surface area contributed by atoms with Gasteiger partial charge in [-0.3, -0.25) is 10.1 Å². The van der Waals surface area contributed by atoms with Crippen molar-refractivity contribution in [2.45, 2.75) is 6.61 Å². The zero-order valence-corrected chi connectivity index (χ0v) is 12.7. The maximum Gasteiger partial charge on any atom is 0.235 e. The second-order valence-electron chi connectivity index (χ2n) is 5.18. The van der Waals surface area contributed by atoms with Crippen LogP contribution in [-0.2, 0) is 6.61 Å². The highest BCUT2D eigenvalue weighted by Gasteiger charge is 2.09. The van der Waals surface area contributed by atoms with E-state index in [1.165, 1.54) is 12.1 Å². The number of halogens is 1. The van der Waals surface area contributed by atoms with Crippen molar-refractivity contribution in [2.24, 2.45) is 0 Å². The van der Waals surface area contributed by atoms with E-state index in [0.717, 1.165) is 17.0 Å². The first-order chi connectivity index (χ1) is 11.6. The standard InChI is InChI=1S/C19H14FNO3/c20-18-8-4-2-6-15(18)13-24-19-10-9-14-5-1-3-7-16(14)17(19)11-12-21(22)23/h1-12H,13H2. The van der Waals surface area contributed by atoms with Crippen molar-refractivity contribution in [1.29, 1.82) is 0 Å². The third-order valence-corrected chi connectivity index (χ3v) is 3.63. The molecule has 0 aliphatic rings. The van der Waals surface area contributed by atoms with E-state index in [4.69, 9.17) is 4.74 Å². The zero-order chi connectivity index (χ0) is 16.9. The van der Waals surface area contributed by atoms with Gasteiger partial charge in [0.2, 0.25) is 6.20 Å². The van der Waals surface area contributed by atoms with Gasteiger partial charge in [0.25, 0.3) is 0 Å². The molecule has 0 N–H and O–H groups in total. The average Bonchev–Trinajstić information content (AvgIpc) is 2.59. The van der Waals surface area contributed by atoms with Gasteiger partial charge in [-0.15, -0.1) is 0 Å². The highest BCUT2D eigenvalue weighted by atomic mass is 19.1. The lowest BCUT2D eigenvalue weighted by Crippen LogP contribution is -2.00. The summed E-state index contributed by atoms with van der Waals surface area (Å²) in [7, 11) is 0. The Labute approximate surface area is 138 Å². The molecule has 0 amide bonds. The fraction of sp³-hybridized carbons (Fsp3) is 0.0526. The largest absolute Gasteiger partial charge is 0.488 e. The molecular weight excluding hydrogens is 309 g/mol. The summed E-state index contributed by atoms with van der Waals surface area (Å²) in [5.74, 6) is 0.121. The molecule has 0 saturated heterocycles. The Kier molecular flexibility index (Phi) is 4.52. The number of nitro groups is 1. The molecule has 0 aliphatic heterocycles. The predicted molar refractivity (Wildman–Crippen MR) is 90.7 cm³/mol. The number of ether oxygens (including phenoxy) is 1. The minimum Gasteiger partial charge on any atom is -0.488 e. The lowest BCUT2D eigenvalue weighted by molar-refractivity contribution is -0.400. The first kappa shape index (κ1) is 15.7. The minimum absolute atomic E-state index is 0.0460. The van der Waals surface area contributed by atoms with E-state index in [2.05, 4.69) is 0 Å². The molecular formula is C19H14FNO3. The number of benzene rings is 3. The zero-order valence-electron chi connectivity index (χ0n) is 12.7. The van der Waals surface area contributed by atoms with Crippen molar-refractivity contribution in [3.63, 3.8) is 0 Å². The molecule has 0 fully saturated rings. The van der Waals surface area contributed by atoms with Crippen LogP contribution < -0.4 is 4.74 Å². The summed E-state index contributed by atoms with van der Waals surface area (Å²) in [6.07, 6.45) is 2.27. The van der Waals surface area contributed by atoms with E-state index < -0.39 is 4.92 Å². The maximum atomic E-state index is 13.7. The molecule has 0 aromatic heterocycles. The Morgan fingerprint density at radius 1 is 1.04 bits per heavy atom. The Bertz CT molecular complexity index is 921. The monoisotopic (exact) mass is 323 g/mol. The van der Waals surface area contributed by atoms with Crippen molar-refractivity contribution < 1.29 is 14.1 Å². The van der Waals surface area contributed by atoms with E-state index in [0.29, 0.717) is 16.9 Å². The van der Waals surface area contributed by atoms with Crippen LogP contribution in [0.3, 0.4) is 0 Å². The summed E-state index contributed by atoms with van der Waals surface area (Å²) < 4.78 is 19.4. The lowest BCUT2D eigenvalue weighted by Gasteiger charge is -2.12. The topological polar surface area (TPSA) is 52.4 Å². The first-order valence-corrected chi connectivity index (χ1v) is 7.35. The summed E-state index contributed by atoms with van der Waals surface area (Å²) in [6.45, 7) is 0.0460. The Balaban J connectivity index is 1.99. The van der Waals surface area contributed by atoms with Crippen molar-refractivity contribution >= 4 is 16.8 Å². The molecule has 3 aromatic rings. The summed E-state index contributed by atoms with van der Waals surface area (Å²) in [4.78, 5) is 10.1. The van der Waals surface area contributed by atoms with E-state index in [9.17, 15) is 14.5 Å². The maximum absolute atomic E-state index is 13.7. The Morgan fingerprint density at radius 3 is 2.58 bits per heavy atom. The van der Waals surface area contributed by atoms with Gasteiger partial charge in [0, 0.05) is 17.2 Å². The Morgan fingerprint density at radius 2 is 1.79 bits per heavy atom. The molecule has 4 nitrogen and oxygen atoms in total. The third-order valence-electron chi connectivity index (χ3n) is 3.63. The van der Waals surface area contributed by atoms with Crippen LogP contribution in [0.1, 0.15) is 11.1 Å². The van der Waals surface area contributed by atoms with Gasteiger partial charge in [-0.25, -0.2) is 4.39 Å². The lowest BCUT2D eigenvalue weighted by atomic mass is 10.0. The molecule has 0 bridgehead atoms. The number of nitrogens with zero attached hydrogens (tertiary/aromatic N) is 1. The van der Waals surface area contributed by atoms with E-state index in [1.54, 1.807) is 24.3 Å². The second-order valence-corrected chi connectivity index (χ2v) is 5.18. The summed E-state index contributed by atoms with van der Waals surface area (Å²) >= 11 is 0. The first-order valence-electron chi connectivity index (χ1n) is 7.35. The third kappa shape index (κ3) is 3.41. The van der Waals surface area contributed by atoms with Crippen LogP contribution in [0.4, 0.5) is 4.39 Å². The number of fused-ring (bicyclic) bond motifs is 1. The fourth-order valence-corrected chi connectivity index (χ4v) is 2.48. The molecule has 0 heterocycles. The van der Waals surface area contributed by atoms with E-state index in [1.807, 2.05) is 30.3 Å². The Hall–Kier alpha value is -3.21. The van der Waals surface area contributed by atoms with Crippen LogP contribution in [0, 0.1) is 15.9 Å². The highest BCUT2D eigenvalue weighted by molar-refractivity contribution is 5.93. The van der Waals surface area contributed by atoms with Crippen molar-refractivity contribution in [1.82, 2.24) is 0 Å². The number of hydrogen-bond donors (Lipinski definition) is 0. The van der Waals surface area contributed by atoms with Gasteiger partial charge in [0.05, 0.1) is 4.92 Å². The molecule has 0 radical (unpaired) electrons. The van der Waals surface area contributed by atoms with Crippen LogP contribution in [0.15, 0.2) is 66.9 Å². The number of rotatable bonds is 5. The van der Waals surface area contributed by atoms with Crippen LogP contribution in [-0.4, -0.2) is 4.92 Å². The van der Waals surface area contributed by atoms with Crippen LogP contribution in [0.25, 0.3) is 16.8 Å². The van der Waals surface area contributed by atoms with Gasteiger partial charge < -0.3 is 4.74 Å². The molecule has 5 heteroatoms. The van der Waals surface area contributed by atoms with Gasteiger partial charge in [-0.1, -0.05) is 48.5 Å². The van der Waals surface area contributed by atoms with Crippen molar-refractivity contribution in [2.75, 3.05) is 0 Å². The summed E-state index contributed by atoms with van der Waals surface area (Å²) in [5.41, 5.74) is 1.02. The van der Waals surface area contributed by atoms with Crippen molar-refractivity contribution in [3.8, 4) is 5.75 Å². The predicted octanol–water partition coefficient (Wildman–Crippen LogP) is 4.81. The number of hydrogen-bond acceptors (Lipinski definition) is 3. The van der Waals surface area contributed by atoms with E-state index >= 15 is 0 Å². The normalized spacial score (nSPS) is 11.0. The van der Waals surface area contributed by atoms with Gasteiger partial charge >= 0.3 is 0 Å². The fourth-order valence-electron chi connectivity index (χ4n) is 2.48. The molecule has 0 unspecified atom stereocenters. The molecule has 0 spiro atoms. The van der Waals surface area contributed by atoms with Gasteiger partial charge in [0.1, 0.15) is 18.2 Å². The van der Waals surface area contributed by atoms with Crippen LogP contribution in [0.5, 0.6) is 5.75 Å². The summed E-state index contributed by atoms with van der Waals surface area (Å²) in [6, 6.07) is 17.5. The molecule has 0 saturated carbocycles. The van der Waals surface area contributed by atoms with Crippen LogP contribution >= 0.6 is 0 Å². The molecule has 3 rings (SSSR count). The minimum atomic E-state index is -0.525. The second kappa shape index (κ2) is 6.91. The molecule has 0 atom stereocenters. The quantitative estimate of drug-likeness (QED) is 0.500. The van der Waals surface area contributed by atoms with Gasteiger partial charge in [-0.2, -0.15) is 0 Å².